The van der Waals surface area contributed by atoms with E-state index in [-0.39, 0.29) is 40.4 Å². The van der Waals surface area contributed by atoms with Crippen molar-refractivity contribution in [3.05, 3.63) is 62.1 Å². The summed E-state index contributed by atoms with van der Waals surface area (Å²) in [7, 11) is 0. The molecule has 2 aromatic carbocycles. The zero-order valence-corrected chi connectivity index (χ0v) is 17.1. The average Bonchev–Trinajstić information content (AvgIpc) is 2.95. The van der Waals surface area contributed by atoms with E-state index in [1.165, 1.54) is 18.2 Å². The SMILES string of the molecule is Nc1cc(Cl)cc(Oc2c(Br)ccc(CNC(=O)c3nc(N)[nH]c3Cl)c2F)c1. The van der Waals surface area contributed by atoms with Gasteiger partial charge in [0.2, 0.25) is 0 Å². The summed E-state index contributed by atoms with van der Waals surface area (Å²) in [6.07, 6.45) is 0. The van der Waals surface area contributed by atoms with E-state index in [0.29, 0.717) is 15.2 Å². The fourth-order valence-corrected chi connectivity index (χ4v) is 3.19. The molecule has 6 N–H and O–H groups in total. The van der Waals surface area contributed by atoms with Crippen molar-refractivity contribution in [3.8, 4) is 11.5 Å². The number of nitrogens with zero attached hydrogens (tertiary/aromatic N) is 1. The summed E-state index contributed by atoms with van der Waals surface area (Å²) in [6.45, 7) is -0.130. The monoisotopic (exact) mass is 487 g/mol. The number of halogens is 4. The summed E-state index contributed by atoms with van der Waals surface area (Å²) >= 11 is 15.0. The maximum Gasteiger partial charge on any atom is 0.273 e. The van der Waals surface area contributed by atoms with E-state index < -0.39 is 11.7 Å². The highest BCUT2D eigenvalue weighted by Crippen LogP contribution is 2.35. The lowest BCUT2D eigenvalue weighted by atomic mass is 10.2. The van der Waals surface area contributed by atoms with Crippen LogP contribution in [0.1, 0.15) is 16.1 Å². The molecule has 0 saturated carbocycles. The van der Waals surface area contributed by atoms with E-state index in [4.69, 9.17) is 39.4 Å². The molecule has 0 aliphatic carbocycles. The summed E-state index contributed by atoms with van der Waals surface area (Å²) in [5.41, 5.74) is 11.6. The number of imidazole rings is 1. The van der Waals surface area contributed by atoms with Crippen molar-refractivity contribution in [1.82, 2.24) is 15.3 Å². The second kappa shape index (κ2) is 8.26. The number of ether oxygens (including phenoxy) is 1. The number of aromatic nitrogens is 2. The van der Waals surface area contributed by atoms with Gasteiger partial charge < -0.3 is 26.5 Å². The van der Waals surface area contributed by atoms with Crippen LogP contribution >= 0.6 is 39.1 Å². The molecule has 0 atom stereocenters. The largest absolute Gasteiger partial charge is 0.453 e. The molecule has 1 aromatic heterocycles. The number of nitrogens with two attached hydrogens (primary N) is 2. The van der Waals surface area contributed by atoms with Crippen LogP contribution in [-0.2, 0) is 6.54 Å². The number of nitrogen functional groups attached to an aromatic ring is 2. The summed E-state index contributed by atoms with van der Waals surface area (Å²) in [5, 5.41) is 2.87. The lowest BCUT2D eigenvalue weighted by Crippen LogP contribution is -2.24. The molecule has 0 radical (unpaired) electrons. The lowest BCUT2D eigenvalue weighted by molar-refractivity contribution is 0.0946. The Bertz CT molecular complexity index is 1040. The molecule has 0 unspecified atom stereocenters. The van der Waals surface area contributed by atoms with Gasteiger partial charge in [-0.1, -0.05) is 29.3 Å². The quantitative estimate of drug-likeness (QED) is 0.394. The van der Waals surface area contributed by atoms with Crippen molar-refractivity contribution in [3.63, 3.8) is 0 Å². The zero-order chi connectivity index (χ0) is 20.4. The number of benzene rings is 2. The van der Waals surface area contributed by atoms with E-state index in [1.54, 1.807) is 12.1 Å². The van der Waals surface area contributed by atoms with E-state index in [2.05, 4.69) is 31.2 Å². The van der Waals surface area contributed by atoms with Crippen LogP contribution in [0, 0.1) is 5.82 Å². The van der Waals surface area contributed by atoms with Crippen LogP contribution in [0.5, 0.6) is 11.5 Å². The maximum atomic E-state index is 14.9. The topological polar surface area (TPSA) is 119 Å². The van der Waals surface area contributed by atoms with Gasteiger partial charge in [-0.15, -0.1) is 0 Å². The van der Waals surface area contributed by atoms with E-state index in [1.807, 2.05) is 0 Å². The number of hydrogen-bond acceptors (Lipinski definition) is 5. The number of rotatable bonds is 5. The molecule has 3 rings (SSSR count). The molecule has 146 valence electrons. The Morgan fingerprint density at radius 1 is 1.29 bits per heavy atom. The first-order valence-electron chi connectivity index (χ1n) is 7.74. The normalized spacial score (nSPS) is 10.7. The molecule has 28 heavy (non-hydrogen) atoms. The van der Waals surface area contributed by atoms with Crippen LogP contribution in [-0.4, -0.2) is 15.9 Å². The van der Waals surface area contributed by atoms with Gasteiger partial charge in [-0.05, 0) is 34.1 Å². The molecule has 11 heteroatoms. The molecule has 1 amide bonds. The fourth-order valence-electron chi connectivity index (χ4n) is 2.34. The molecule has 7 nitrogen and oxygen atoms in total. The van der Waals surface area contributed by atoms with Gasteiger partial charge in [0.15, 0.2) is 23.2 Å². The van der Waals surface area contributed by atoms with Gasteiger partial charge in [-0.2, -0.15) is 0 Å². The number of carbonyl (C=O) groups is 1. The second-order valence-electron chi connectivity index (χ2n) is 5.64. The van der Waals surface area contributed by atoms with Gasteiger partial charge in [-0.25, -0.2) is 9.37 Å². The molecular weight excluding hydrogens is 476 g/mol. The highest BCUT2D eigenvalue weighted by Gasteiger charge is 2.18. The molecule has 0 saturated heterocycles. The van der Waals surface area contributed by atoms with Crippen LogP contribution in [0.4, 0.5) is 16.0 Å². The van der Waals surface area contributed by atoms with Gasteiger partial charge in [-0.3, -0.25) is 4.79 Å². The Hall–Kier alpha value is -2.49. The first-order chi connectivity index (χ1) is 13.2. The standard InChI is InChI=1S/C17H13BrCl2FN5O2/c18-11-2-1-7(6-24-16(27)13-15(20)26-17(23)25-13)12(21)14(11)28-10-4-8(19)3-9(22)5-10/h1-5H,6,22H2,(H,24,27)(H3,23,25,26). The molecule has 0 spiro atoms. The number of nitrogens with one attached hydrogen (secondary N) is 2. The van der Waals surface area contributed by atoms with Crippen LogP contribution in [0.25, 0.3) is 0 Å². The van der Waals surface area contributed by atoms with Gasteiger partial charge in [0, 0.05) is 28.9 Å². The number of aromatic amines is 1. The molecule has 3 aromatic rings. The van der Waals surface area contributed by atoms with Crippen molar-refractivity contribution >= 4 is 56.7 Å². The molecule has 0 bridgehead atoms. The van der Waals surface area contributed by atoms with E-state index in [0.717, 1.165) is 0 Å². The third-order valence-corrected chi connectivity index (χ3v) is 4.69. The first-order valence-corrected chi connectivity index (χ1v) is 9.29. The predicted molar refractivity (Wildman–Crippen MR) is 109 cm³/mol. The number of amides is 1. The Morgan fingerprint density at radius 2 is 2.04 bits per heavy atom. The third kappa shape index (κ3) is 4.49. The maximum absolute atomic E-state index is 14.9. The Balaban J connectivity index is 1.80. The summed E-state index contributed by atoms with van der Waals surface area (Å²) in [6, 6.07) is 7.64. The van der Waals surface area contributed by atoms with Gasteiger partial charge >= 0.3 is 0 Å². The summed E-state index contributed by atoms with van der Waals surface area (Å²) in [5.74, 6) is -1.08. The minimum Gasteiger partial charge on any atom is -0.453 e. The Labute approximate surface area is 177 Å². The van der Waals surface area contributed by atoms with Crippen LogP contribution in [0.2, 0.25) is 10.2 Å². The minimum atomic E-state index is -0.666. The van der Waals surface area contributed by atoms with Crippen LogP contribution in [0.3, 0.4) is 0 Å². The van der Waals surface area contributed by atoms with Gasteiger partial charge in [0.25, 0.3) is 5.91 Å². The average molecular weight is 489 g/mol. The smallest absolute Gasteiger partial charge is 0.273 e. The Kier molecular flexibility index (Phi) is 5.97. The van der Waals surface area contributed by atoms with Crippen molar-refractivity contribution in [2.24, 2.45) is 0 Å². The third-order valence-electron chi connectivity index (χ3n) is 3.58. The second-order valence-corrected chi connectivity index (χ2v) is 7.31. The highest BCUT2D eigenvalue weighted by molar-refractivity contribution is 9.10. The fraction of sp³-hybridized carbons (Fsp3) is 0.0588. The van der Waals surface area contributed by atoms with E-state index >= 15 is 0 Å². The molecular formula is C17H13BrCl2FN5O2. The zero-order valence-electron chi connectivity index (χ0n) is 14.0. The minimum absolute atomic E-state index is 0.00135. The highest BCUT2D eigenvalue weighted by atomic mass is 79.9. The number of carbonyl (C=O) groups excluding carboxylic acids is 1. The first kappa shape index (κ1) is 20.2. The lowest BCUT2D eigenvalue weighted by Gasteiger charge is -2.13. The number of H-pyrrole nitrogens is 1. The molecule has 0 aliphatic rings. The summed E-state index contributed by atoms with van der Waals surface area (Å²) in [4.78, 5) is 18.4. The molecule has 0 aliphatic heterocycles. The Morgan fingerprint density at radius 3 is 2.68 bits per heavy atom. The summed E-state index contributed by atoms with van der Waals surface area (Å²) < 4.78 is 20.9. The molecule has 0 fully saturated rings. The predicted octanol–water partition coefficient (Wildman–Crippen LogP) is 4.50. The van der Waals surface area contributed by atoms with Crippen molar-refractivity contribution < 1.29 is 13.9 Å². The van der Waals surface area contributed by atoms with Gasteiger partial charge in [0.1, 0.15) is 10.9 Å². The van der Waals surface area contributed by atoms with Crippen molar-refractivity contribution in [2.75, 3.05) is 11.5 Å². The van der Waals surface area contributed by atoms with Crippen molar-refractivity contribution in [1.29, 1.82) is 0 Å². The van der Waals surface area contributed by atoms with Crippen molar-refractivity contribution in [2.45, 2.75) is 6.54 Å². The van der Waals surface area contributed by atoms with Crippen LogP contribution in [0.15, 0.2) is 34.8 Å². The van der Waals surface area contributed by atoms with E-state index in [9.17, 15) is 9.18 Å². The van der Waals surface area contributed by atoms with Gasteiger partial charge in [0.05, 0.1) is 4.47 Å². The number of hydrogen-bond donors (Lipinski definition) is 4. The number of anilines is 2. The van der Waals surface area contributed by atoms with Crippen LogP contribution < -0.4 is 21.5 Å². The molecule has 1 heterocycles.